The van der Waals surface area contributed by atoms with E-state index in [1.54, 1.807) is 29.3 Å². The molecule has 4 bridgehead atoms. The maximum atomic E-state index is 13.6. The van der Waals surface area contributed by atoms with Crippen molar-refractivity contribution in [3.05, 3.63) is 66.2 Å². The molecule has 0 spiro atoms. The van der Waals surface area contributed by atoms with Crippen molar-refractivity contribution < 1.29 is 24.2 Å². The number of rotatable bonds is 3. The molecule has 5 atom stereocenters. The van der Waals surface area contributed by atoms with E-state index in [9.17, 15) is 14.7 Å². The van der Waals surface area contributed by atoms with Crippen LogP contribution in [0.3, 0.4) is 0 Å². The van der Waals surface area contributed by atoms with Gasteiger partial charge in [-0.15, -0.1) is 0 Å². The summed E-state index contributed by atoms with van der Waals surface area (Å²) in [5.74, 6) is 0.117. The van der Waals surface area contributed by atoms with Gasteiger partial charge in [0.1, 0.15) is 11.9 Å². The first kappa shape index (κ1) is 27.4. The van der Waals surface area contributed by atoms with Gasteiger partial charge in [-0.2, -0.15) is 5.10 Å². The largest absolute Gasteiger partial charge is 0.493 e. The number of fused-ring (bicyclic) bond motifs is 5. The van der Waals surface area contributed by atoms with Gasteiger partial charge in [0.25, 0.3) is 5.91 Å². The van der Waals surface area contributed by atoms with Crippen LogP contribution in [0.1, 0.15) is 41.6 Å². The molecule has 11 nitrogen and oxygen atoms in total. The molecule has 5 heterocycles. The zero-order chi connectivity index (χ0) is 28.3. The minimum Gasteiger partial charge on any atom is -0.493 e. The van der Waals surface area contributed by atoms with Crippen LogP contribution < -0.4 is 15.4 Å². The van der Waals surface area contributed by atoms with Crippen molar-refractivity contribution in [3.8, 4) is 16.9 Å². The Morgan fingerprint density at radius 2 is 1.95 bits per heavy atom. The van der Waals surface area contributed by atoms with Gasteiger partial charge < -0.3 is 25.2 Å². The molecule has 6 rings (SSSR count). The van der Waals surface area contributed by atoms with Gasteiger partial charge in [0.05, 0.1) is 36.6 Å². The number of amides is 2. The highest BCUT2D eigenvalue weighted by molar-refractivity contribution is 5.98. The van der Waals surface area contributed by atoms with Gasteiger partial charge in [-0.25, -0.2) is 0 Å². The molecule has 3 aliphatic rings. The number of aliphatic hydroxyl groups excluding tert-OH is 1. The van der Waals surface area contributed by atoms with E-state index in [2.05, 4.69) is 25.6 Å². The van der Waals surface area contributed by atoms with Gasteiger partial charge >= 0.3 is 0 Å². The van der Waals surface area contributed by atoms with Crippen molar-refractivity contribution in [1.29, 1.82) is 0 Å². The topological polar surface area (TPSA) is 131 Å². The van der Waals surface area contributed by atoms with Gasteiger partial charge in [0, 0.05) is 63.3 Å². The lowest BCUT2D eigenvalue weighted by Crippen LogP contribution is -2.50. The van der Waals surface area contributed by atoms with Crippen LogP contribution in [-0.4, -0.2) is 86.7 Å². The number of carbonyl (C=O) groups excluding carboxylic acids is 2. The lowest BCUT2D eigenvalue weighted by Gasteiger charge is -2.34. The van der Waals surface area contributed by atoms with Crippen LogP contribution in [0.5, 0.6) is 5.75 Å². The van der Waals surface area contributed by atoms with Crippen molar-refractivity contribution in [2.75, 3.05) is 19.7 Å². The van der Waals surface area contributed by atoms with Crippen LogP contribution in [0.4, 0.5) is 0 Å². The second kappa shape index (κ2) is 12.0. The normalized spacial score (nSPS) is 27.4. The van der Waals surface area contributed by atoms with E-state index in [0.717, 1.165) is 16.7 Å². The number of hydrogen-bond donors (Lipinski definition) is 3. The number of benzene rings is 1. The Bertz CT molecular complexity index is 1380. The molecular formula is C30H36N6O5. The maximum absolute atomic E-state index is 13.6. The number of likely N-dealkylation sites (tertiary alicyclic amines) is 1. The summed E-state index contributed by atoms with van der Waals surface area (Å²) in [6.45, 7) is 1.64. The van der Waals surface area contributed by atoms with E-state index >= 15 is 0 Å². The Morgan fingerprint density at radius 3 is 2.76 bits per heavy atom. The highest BCUT2D eigenvalue weighted by Crippen LogP contribution is 2.30. The third kappa shape index (κ3) is 6.27. The van der Waals surface area contributed by atoms with E-state index < -0.39 is 18.2 Å². The summed E-state index contributed by atoms with van der Waals surface area (Å²) in [5.41, 5.74) is 3.30. The number of aryl methyl sites for hydroxylation is 1. The van der Waals surface area contributed by atoms with Crippen LogP contribution in [0.15, 0.2) is 55.1 Å². The van der Waals surface area contributed by atoms with Crippen LogP contribution in [0.2, 0.25) is 0 Å². The van der Waals surface area contributed by atoms with Gasteiger partial charge in [-0.1, -0.05) is 6.07 Å². The summed E-state index contributed by atoms with van der Waals surface area (Å²) in [6, 6.07) is 8.74. The molecule has 0 radical (unpaired) electrons. The quantitative estimate of drug-likeness (QED) is 0.441. The molecule has 11 heteroatoms. The average molecular weight is 561 g/mol. The van der Waals surface area contributed by atoms with Crippen LogP contribution in [0.25, 0.3) is 11.1 Å². The van der Waals surface area contributed by atoms with Crippen LogP contribution >= 0.6 is 0 Å². The second-order valence-electron chi connectivity index (χ2n) is 11.1. The monoisotopic (exact) mass is 560 g/mol. The number of nitrogens with one attached hydrogen (secondary N) is 2. The lowest BCUT2D eigenvalue weighted by atomic mass is 9.99. The summed E-state index contributed by atoms with van der Waals surface area (Å²) in [7, 11) is 1.86. The van der Waals surface area contributed by atoms with Crippen LogP contribution in [0, 0.1) is 0 Å². The van der Waals surface area contributed by atoms with Crippen molar-refractivity contribution >= 4 is 11.8 Å². The van der Waals surface area contributed by atoms with Crippen molar-refractivity contribution in [3.63, 3.8) is 0 Å². The zero-order valence-electron chi connectivity index (χ0n) is 23.1. The number of aromatic nitrogens is 3. The van der Waals surface area contributed by atoms with E-state index in [1.165, 1.54) is 0 Å². The smallest absolute Gasteiger partial charge is 0.255 e. The SMILES string of the molecule is Cn1cc(-c2ccc3c(c2)OCC[C@@H]2CC[C@H](O)[C@@H](CNC(=O)[C@@H]4C[C@@H](CN4Cc4ccncc4)NC3=O)O2)cn1. The standard InChI is InChI=1S/C30H36N6O5/c1-35-17-21(14-33-35)20-2-4-24-27(12-20)40-11-8-23-3-5-26(37)28(41-23)15-32-30(39)25-13-22(34-29(24)38)18-36(25)16-19-6-9-31-10-7-19/h2,4,6-7,9-10,12,14,17,22-23,25-26,28,37H,3,5,8,11,13,15-16,18H2,1H3,(H,32,39)(H,34,38)/t22-,23-,25-,26-,28+/m0/s1. The summed E-state index contributed by atoms with van der Waals surface area (Å²) in [5, 5.41) is 21.0. The summed E-state index contributed by atoms with van der Waals surface area (Å²) < 4.78 is 14.2. The minimum atomic E-state index is -0.641. The van der Waals surface area contributed by atoms with E-state index in [1.807, 2.05) is 37.5 Å². The predicted octanol–water partition coefficient (Wildman–Crippen LogP) is 1.66. The Morgan fingerprint density at radius 1 is 1.10 bits per heavy atom. The lowest BCUT2D eigenvalue weighted by molar-refractivity contribution is -0.133. The zero-order valence-corrected chi connectivity index (χ0v) is 23.1. The number of ether oxygens (including phenoxy) is 2. The number of pyridine rings is 1. The minimum absolute atomic E-state index is 0.119. The molecule has 41 heavy (non-hydrogen) atoms. The molecule has 1 aromatic carbocycles. The fraction of sp³-hybridized carbons (Fsp3) is 0.467. The molecule has 3 aliphatic heterocycles. The molecule has 2 fully saturated rings. The second-order valence-corrected chi connectivity index (χ2v) is 11.1. The molecule has 216 valence electrons. The molecular weight excluding hydrogens is 524 g/mol. The van der Waals surface area contributed by atoms with E-state index in [-0.39, 0.29) is 30.5 Å². The highest BCUT2D eigenvalue weighted by atomic mass is 16.5. The first-order valence-corrected chi connectivity index (χ1v) is 14.2. The fourth-order valence-corrected chi connectivity index (χ4v) is 5.98. The number of aliphatic hydroxyl groups is 1. The van der Waals surface area contributed by atoms with Gasteiger partial charge in [0.2, 0.25) is 5.91 Å². The van der Waals surface area contributed by atoms with E-state index in [4.69, 9.17) is 9.47 Å². The maximum Gasteiger partial charge on any atom is 0.255 e. The molecule has 3 aromatic rings. The van der Waals surface area contributed by atoms with E-state index in [0.29, 0.717) is 56.7 Å². The molecule has 0 aliphatic carbocycles. The third-order valence-electron chi connectivity index (χ3n) is 8.20. The summed E-state index contributed by atoms with van der Waals surface area (Å²) >= 11 is 0. The van der Waals surface area contributed by atoms with Gasteiger partial charge in [0.15, 0.2) is 0 Å². The number of nitrogens with zero attached hydrogens (tertiary/aromatic N) is 4. The summed E-state index contributed by atoms with van der Waals surface area (Å²) in [6.07, 6.45) is 8.26. The molecule has 2 aromatic heterocycles. The fourth-order valence-electron chi connectivity index (χ4n) is 5.98. The Balaban J connectivity index is 1.29. The van der Waals surface area contributed by atoms with Crippen molar-refractivity contribution in [2.45, 2.75) is 62.6 Å². The molecule has 2 amide bonds. The first-order chi connectivity index (χ1) is 19.9. The molecule has 0 unspecified atom stereocenters. The van der Waals surface area contributed by atoms with Crippen molar-refractivity contribution in [2.24, 2.45) is 7.05 Å². The van der Waals surface area contributed by atoms with Gasteiger partial charge in [-0.05, 0) is 54.7 Å². The summed E-state index contributed by atoms with van der Waals surface area (Å²) in [4.78, 5) is 33.2. The predicted molar refractivity (Wildman–Crippen MR) is 150 cm³/mol. The first-order valence-electron chi connectivity index (χ1n) is 14.2. The average Bonchev–Trinajstić information content (AvgIpc) is 3.58. The van der Waals surface area contributed by atoms with Crippen molar-refractivity contribution in [1.82, 2.24) is 30.3 Å². The number of carbonyl (C=O) groups is 2. The molecule has 3 N–H and O–H groups in total. The van der Waals surface area contributed by atoms with Crippen LogP contribution in [-0.2, 0) is 23.1 Å². The Hall–Kier alpha value is -3.80. The highest BCUT2D eigenvalue weighted by Gasteiger charge is 2.39. The Kier molecular flexibility index (Phi) is 8.00. The Labute approximate surface area is 238 Å². The number of hydrogen-bond acceptors (Lipinski definition) is 8. The molecule has 2 saturated heterocycles. The molecule has 0 saturated carbocycles. The third-order valence-corrected chi connectivity index (χ3v) is 8.20. The van der Waals surface area contributed by atoms with Gasteiger partial charge in [-0.3, -0.25) is 24.2 Å².